The molecule has 0 atom stereocenters. The molecule has 0 fully saturated rings. The Labute approximate surface area is 110 Å². The first-order valence-electron chi connectivity index (χ1n) is 6.13. The van der Waals surface area contributed by atoms with Gasteiger partial charge in [-0.15, -0.1) is 0 Å². The zero-order valence-electron chi connectivity index (χ0n) is 10.6. The Bertz CT molecular complexity index is 724. The summed E-state index contributed by atoms with van der Waals surface area (Å²) in [6.45, 7) is 2.27. The molecule has 1 aromatic carbocycles. The first kappa shape index (κ1) is 11.6. The second-order valence-electron chi connectivity index (χ2n) is 4.44. The minimum absolute atomic E-state index is 0.109. The Morgan fingerprint density at radius 1 is 1.26 bits per heavy atom. The predicted molar refractivity (Wildman–Crippen MR) is 72.9 cm³/mol. The third-order valence-corrected chi connectivity index (χ3v) is 3.05. The number of hydrogen-bond acceptors (Lipinski definition) is 2. The van der Waals surface area contributed by atoms with Crippen molar-refractivity contribution in [2.75, 3.05) is 0 Å². The molecule has 4 nitrogen and oxygen atoms in total. The van der Waals surface area contributed by atoms with Crippen molar-refractivity contribution in [2.24, 2.45) is 0 Å². The van der Waals surface area contributed by atoms with Gasteiger partial charge in [0.1, 0.15) is 11.5 Å². The normalized spacial score (nSPS) is 10.8. The smallest absolute Gasteiger partial charge is 0.253 e. The van der Waals surface area contributed by atoms with E-state index in [1.807, 2.05) is 49.5 Å². The fourth-order valence-corrected chi connectivity index (χ4v) is 2.12. The van der Waals surface area contributed by atoms with Crippen LogP contribution >= 0.6 is 0 Å². The molecule has 4 heteroatoms. The van der Waals surface area contributed by atoms with Crippen LogP contribution in [0.2, 0.25) is 0 Å². The Morgan fingerprint density at radius 2 is 2.16 bits per heavy atom. The Kier molecular flexibility index (Phi) is 2.83. The summed E-state index contributed by atoms with van der Waals surface area (Å²) in [5.41, 5.74) is 1.50. The van der Waals surface area contributed by atoms with Gasteiger partial charge in [0.15, 0.2) is 0 Å². The van der Waals surface area contributed by atoms with Crippen LogP contribution in [0.25, 0.3) is 10.9 Å². The maximum absolute atomic E-state index is 12.2. The van der Waals surface area contributed by atoms with E-state index in [-0.39, 0.29) is 5.91 Å². The van der Waals surface area contributed by atoms with Crippen molar-refractivity contribution >= 4 is 16.8 Å². The molecule has 19 heavy (non-hydrogen) atoms. The van der Waals surface area contributed by atoms with Crippen molar-refractivity contribution in [1.82, 2.24) is 10.3 Å². The van der Waals surface area contributed by atoms with Crippen LogP contribution in [0.15, 0.2) is 47.0 Å². The third-order valence-electron chi connectivity index (χ3n) is 3.05. The summed E-state index contributed by atoms with van der Waals surface area (Å²) in [5, 5.41) is 3.89. The number of carbonyl (C=O) groups is 1. The highest BCUT2D eigenvalue weighted by Crippen LogP contribution is 2.17. The number of aryl methyl sites for hydroxylation is 1. The summed E-state index contributed by atoms with van der Waals surface area (Å²) in [6.07, 6.45) is 1.83. The Balaban J connectivity index is 1.78. The van der Waals surface area contributed by atoms with E-state index in [0.29, 0.717) is 12.1 Å². The first-order valence-corrected chi connectivity index (χ1v) is 6.13. The van der Waals surface area contributed by atoms with Crippen molar-refractivity contribution in [2.45, 2.75) is 13.5 Å². The zero-order valence-corrected chi connectivity index (χ0v) is 10.6. The molecule has 96 valence electrons. The van der Waals surface area contributed by atoms with Gasteiger partial charge in [-0.3, -0.25) is 4.79 Å². The highest BCUT2D eigenvalue weighted by atomic mass is 16.3. The SMILES string of the molecule is Cc1ccc(CNC(=O)c2cccc3cc[nH]c23)o1. The number of aromatic nitrogens is 1. The van der Waals surface area contributed by atoms with Crippen LogP contribution in [0.4, 0.5) is 0 Å². The van der Waals surface area contributed by atoms with Crippen LogP contribution in [-0.4, -0.2) is 10.9 Å². The van der Waals surface area contributed by atoms with Gasteiger partial charge in [0.2, 0.25) is 0 Å². The van der Waals surface area contributed by atoms with Crippen LogP contribution in [0.5, 0.6) is 0 Å². The summed E-state index contributed by atoms with van der Waals surface area (Å²) in [4.78, 5) is 15.3. The van der Waals surface area contributed by atoms with Crippen LogP contribution in [0.3, 0.4) is 0 Å². The number of furan rings is 1. The van der Waals surface area contributed by atoms with E-state index in [0.717, 1.165) is 22.4 Å². The lowest BCUT2D eigenvalue weighted by Gasteiger charge is -2.04. The largest absolute Gasteiger partial charge is 0.465 e. The van der Waals surface area contributed by atoms with E-state index < -0.39 is 0 Å². The standard InChI is InChI=1S/C15H14N2O2/c1-10-5-6-12(19-10)9-17-15(18)13-4-2-3-11-7-8-16-14(11)13/h2-8,16H,9H2,1H3,(H,17,18). The van der Waals surface area contributed by atoms with E-state index in [4.69, 9.17) is 4.42 Å². The molecule has 2 aromatic heterocycles. The Hall–Kier alpha value is -2.49. The fraction of sp³-hybridized carbons (Fsp3) is 0.133. The molecule has 2 N–H and O–H groups in total. The molecule has 0 aliphatic heterocycles. The molecular formula is C15H14N2O2. The molecule has 0 aliphatic rings. The summed E-state index contributed by atoms with van der Waals surface area (Å²) in [6, 6.07) is 11.3. The number of hydrogen-bond donors (Lipinski definition) is 2. The number of rotatable bonds is 3. The number of carbonyl (C=O) groups excluding carboxylic acids is 1. The van der Waals surface area contributed by atoms with Crippen molar-refractivity contribution < 1.29 is 9.21 Å². The number of nitrogens with one attached hydrogen (secondary N) is 2. The van der Waals surface area contributed by atoms with Crippen molar-refractivity contribution in [3.8, 4) is 0 Å². The van der Waals surface area contributed by atoms with Crippen LogP contribution < -0.4 is 5.32 Å². The predicted octanol–water partition coefficient (Wildman–Crippen LogP) is 3.00. The molecule has 0 spiro atoms. The third kappa shape index (κ3) is 2.25. The van der Waals surface area contributed by atoms with E-state index in [9.17, 15) is 4.79 Å². The molecule has 0 unspecified atom stereocenters. The second kappa shape index (κ2) is 4.65. The molecule has 3 rings (SSSR count). The molecule has 2 heterocycles. The lowest BCUT2D eigenvalue weighted by Crippen LogP contribution is -2.22. The number of para-hydroxylation sites is 1. The molecule has 3 aromatic rings. The van der Waals surface area contributed by atoms with Gasteiger partial charge in [-0.1, -0.05) is 12.1 Å². The average Bonchev–Trinajstić information content (AvgIpc) is 3.03. The molecule has 0 saturated carbocycles. The van der Waals surface area contributed by atoms with E-state index in [1.165, 1.54) is 0 Å². The second-order valence-corrected chi connectivity index (χ2v) is 4.44. The van der Waals surface area contributed by atoms with Crippen molar-refractivity contribution in [1.29, 1.82) is 0 Å². The van der Waals surface area contributed by atoms with Gasteiger partial charge in [0, 0.05) is 11.6 Å². The lowest BCUT2D eigenvalue weighted by atomic mass is 10.1. The number of benzene rings is 1. The lowest BCUT2D eigenvalue weighted by molar-refractivity contribution is 0.0949. The van der Waals surface area contributed by atoms with Crippen LogP contribution in [0, 0.1) is 6.92 Å². The quantitative estimate of drug-likeness (QED) is 0.754. The fourth-order valence-electron chi connectivity index (χ4n) is 2.12. The van der Waals surface area contributed by atoms with Gasteiger partial charge >= 0.3 is 0 Å². The molecular weight excluding hydrogens is 240 g/mol. The van der Waals surface area contributed by atoms with Crippen molar-refractivity contribution in [3.63, 3.8) is 0 Å². The molecule has 0 radical (unpaired) electrons. The first-order chi connectivity index (χ1) is 9.24. The number of amides is 1. The monoisotopic (exact) mass is 254 g/mol. The summed E-state index contributed by atoms with van der Waals surface area (Å²) in [7, 11) is 0. The van der Waals surface area contributed by atoms with Gasteiger partial charge in [0.25, 0.3) is 5.91 Å². The van der Waals surface area contributed by atoms with Crippen LogP contribution in [-0.2, 0) is 6.54 Å². The maximum Gasteiger partial charge on any atom is 0.253 e. The van der Waals surface area contributed by atoms with E-state index in [1.54, 1.807) is 0 Å². The van der Waals surface area contributed by atoms with Gasteiger partial charge in [-0.05, 0) is 31.2 Å². The van der Waals surface area contributed by atoms with Gasteiger partial charge in [0.05, 0.1) is 17.6 Å². The van der Waals surface area contributed by atoms with Crippen LogP contribution in [0.1, 0.15) is 21.9 Å². The summed E-state index contributed by atoms with van der Waals surface area (Å²) >= 11 is 0. The number of H-pyrrole nitrogens is 1. The average molecular weight is 254 g/mol. The molecule has 0 aliphatic carbocycles. The molecule has 1 amide bonds. The molecule has 0 bridgehead atoms. The zero-order chi connectivity index (χ0) is 13.2. The number of fused-ring (bicyclic) bond motifs is 1. The maximum atomic E-state index is 12.2. The highest BCUT2D eigenvalue weighted by Gasteiger charge is 2.10. The van der Waals surface area contributed by atoms with Gasteiger partial charge < -0.3 is 14.7 Å². The van der Waals surface area contributed by atoms with E-state index >= 15 is 0 Å². The topological polar surface area (TPSA) is 58.0 Å². The minimum Gasteiger partial charge on any atom is -0.465 e. The van der Waals surface area contributed by atoms with Crippen molar-refractivity contribution in [3.05, 3.63) is 59.7 Å². The van der Waals surface area contributed by atoms with Gasteiger partial charge in [-0.25, -0.2) is 0 Å². The number of aromatic amines is 1. The summed E-state index contributed by atoms with van der Waals surface area (Å²) < 4.78 is 5.42. The van der Waals surface area contributed by atoms with E-state index in [2.05, 4.69) is 10.3 Å². The minimum atomic E-state index is -0.109. The summed E-state index contributed by atoms with van der Waals surface area (Å²) in [5.74, 6) is 1.49. The highest BCUT2D eigenvalue weighted by molar-refractivity contribution is 6.05. The Morgan fingerprint density at radius 3 is 2.95 bits per heavy atom. The van der Waals surface area contributed by atoms with Gasteiger partial charge in [-0.2, -0.15) is 0 Å². The molecule has 0 saturated heterocycles.